The highest BCUT2D eigenvalue weighted by Crippen LogP contribution is 2.21. The lowest BCUT2D eigenvalue weighted by molar-refractivity contribution is -0.118. The summed E-state index contributed by atoms with van der Waals surface area (Å²) in [6, 6.07) is 3.21. The number of ether oxygens (including phenoxy) is 1. The van der Waals surface area contributed by atoms with Gasteiger partial charge in [-0.15, -0.1) is 0 Å². The Morgan fingerprint density at radius 1 is 1.53 bits per heavy atom. The zero-order chi connectivity index (χ0) is 12.4. The lowest BCUT2D eigenvalue weighted by Gasteiger charge is -2.06. The molecule has 17 heavy (non-hydrogen) atoms. The maximum Gasteiger partial charge on any atom is 0.355 e. The number of amides is 1. The molecule has 0 saturated carbocycles. The van der Waals surface area contributed by atoms with Gasteiger partial charge in [0.2, 0.25) is 5.91 Å². The van der Waals surface area contributed by atoms with Crippen LogP contribution in [0.4, 0.5) is 0 Å². The summed E-state index contributed by atoms with van der Waals surface area (Å²) < 4.78 is 11.5. The number of fused-ring (bicyclic) bond motifs is 1. The Morgan fingerprint density at radius 3 is 2.94 bits per heavy atom. The van der Waals surface area contributed by atoms with Crippen molar-refractivity contribution >= 4 is 23.0 Å². The van der Waals surface area contributed by atoms with Gasteiger partial charge in [-0.3, -0.25) is 4.79 Å². The van der Waals surface area contributed by atoms with Gasteiger partial charge in [-0.05, 0) is 6.92 Å². The molecule has 0 aliphatic rings. The van der Waals surface area contributed by atoms with Crippen molar-refractivity contribution in [3.63, 3.8) is 0 Å². The third-order valence-corrected chi connectivity index (χ3v) is 2.32. The molecule has 0 bridgehead atoms. The number of nitrogens with two attached hydrogens (primary N) is 1. The minimum absolute atomic E-state index is 0.0861. The Morgan fingerprint density at radius 2 is 2.29 bits per heavy atom. The van der Waals surface area contributed by atoms with Gasteiger partial charge in [0, 0.05) is 12.1 Å². The van der Waals surface area contributed by atoms with E-state index in [0.29, 0.717) is 11.1 Å². The molecule has 2 rings (SSSR count). The Labute approximate surface area is 96.9 Å². The van der Waals surface area contributed by atoms with Crippen LogP contribution in [-0.2, 0) is 16.1 Å². The van der Waals surface area contributed by atoms with E-state index in [-0.39, 0.29) is 18.8 Å². The molecule has 6 heteroatoms. The Kier molecular flexibility index (Phi) is 2.86. The van der Waals surface area contributed by atoms with Crippen LogP contribution >= 0.6 is 0 Å². The van der Waals surface area contributed by atoms with Crippen molar-refractivity contribution < 1.29 is 18.7 Å². The van der Waals surface area contributed by atoms with Crippen molar-refractivity contribution in [1.29, 1.82) is 0 Å². The average Bonchev–Trinajstić information content (AvgIpc) is 2.80. The van der Waals surface area contributed by atoms with Gasteiger partial charge in [-0.25, -0.2) is 4.79 Å². The summed E-state index contributed by atoms with van der Waals surface area (Å²) in [7, 11) is 0. The van der Waals surface area contributed by atoms with Crippen molar-refractivity contribution in [3.05, 3.63) is 24.1 Å². The van der Waals surface area contributed by atoms with E-state index in [2.05, 4.69) is 0 Å². The van der Waals surface area contributed by atoms with Gasteiger partial charge in [-0.2, -0.15) is 0 Å². The molecule has 0 radical (unpaired) electrons. The lowest BCUT2D eigenvalue weighted by Crippen LogP contribution is -2.22. The van der Waals surface area contributed by atoms with Crippen LogP contribution in [0.5, 0.6) is 0 Å². The van der Waals surface area contributed by atoms with E-state index in [1.807, 2.05) is 0 Å². The Bertz CT molecular complexity index is 567. The molecule has 0 fully saturated rings. The summed E-state index contributed by atoms with van der Waals surface area (Å²) in [5.74, 6) is -1.03. The minimum Gasteiger partial charge on any atom is -0.463 e. The zero-order valence-electron chi connectivity index (χ0n) is 9.30. The first-order valence-corrected chi connectivity index (χ1v) is 5.15. The summed E-state index contributed by atoms with van der Waals surface area (Å²) in [5, 5.41) is 0. The number of rotatable bonds is 4. The molecule has 2 aromatic rings. The van der Waals surface area contributed by atoms with Gasteiger partial charge in [0.15, 0.2) is 5.58 Å². The first-order valence-electron chi connectivity index (χ1n) is 5.15. The molecule has 90 valence electrons. The van der Waals surface area contributed by atoms with Gasteiger partial charge >= 0.3 is 5.97 Å². The molecule has 0 unspecified atom stereocenters. The predicted octanol–water partition coefficient (Wildman–Crippen LogP) is 0.896. The maximum atomic E-state index is 11.7. The topological polar surface area (TPSA) is 87.5 Å². The highest BCUT2D eigenvalue weighted by molar-refractivity contribution is 5.95. The second-order valence-electron chi connectivity index (χ2n) is 3.47. The second kappa shape index (κ2) is 4.32. The molecule has 6 nitrogen and oxygen atoms in total. The van der Waals surface area contributed by atoms with E-state index in [0.717, 1.165) is 0 Å². The van der Waals surface area contributed by atoms with Gasteiger partial charge in [0.1, 0.15) is 12.2 Å². The molecule has 0 aromatic carbocycles. The predicted molar refractivity (Wildman–Crippen MR) is 59.4 cm³/mol. The number of aromatic nitrogens is 1. The first kappa shape index (κ1) is 11.3. The summed E-state index contributed by atoms with van der Waals surface area (Å²) in [5.41, 5.74) is 6.58. The summed E-state index contributed by atoms with van der Waals surface area (Å²) >= 11 is 0. The monoisotopic (exact) mass is 236 g/mol. The third-order valence-electron chi connectivity index (χ3n) is 2.32. The van der Waals surface area contributed by atoms with Crippen LogP contribution in [0.1, 0.15) is 17.4 Å². The van der Waals surface area contributed by atoms with Crippen molar-refractivity contribution in [2.24, 2.45) is 5.73 Å². The zero-order valence-corrected chi connectivity index (χ0v) is 9.30. The summed E-state index contributed by atoms with van der Waals surface area (Å²) in [6.45, 7) is 1.89. The summed E-state index contributed by atoms with van der Waals surface area (Å²) in [6.07, 6.45) is 1.48. The molecule has 2 heterocycles. The number of carbonyl (C=O) groups is 2. The molecule has 0 saturated heterocycles. The SMILES string of the molecule is CCOC(=O)c1cc2occc2n1CC(N)=O. The van der Waals surface area contributed by atoms with Crippen molar-refractivity contribution in [3.8, 4) is 0 Å². The second-order valence-corrected chi connectivity index (χ2v) is 3.47. The molecule has 0 atom stereocenters. The van der Waals surface area contributed by atoms with Crippen molar-refractivity contribution in [2.75, 3.05) is 6.61 Å². The van der Waals surface area contributed by atoms with Crippen LogP contribution in [0.3, 0.4) is 0 Å². The Hall–Kier alpha value is -2.24. The number of furan rings is 1. The van der Waals surface area contributed by atoms with E-state index < -0.39 is 11.9 Å². The summed E-state index contributed by atoms with van der Waals surface area (Å²) in [4.78, 5) is 22.7. The molecular formula is C11H12N2O4. The van der Waals surface area contributed by atoms with Crippen LogP contribution in [0.25, 0.3) is 11.1 Å². The molecule has 1 amide bonds. The number of primary amides is 1. The molecule has 0 aliphatic heterocycles. The quantitative estimate of drug-likeness (QED) is 0.799. The van der Waals surface area contributed by atoms with Crippen LogP contribution in [0.15, 0.2) is 22.8 Å². The van der Waals surface area contributed by atoms with E-state index in [1.165, 1.54) is 16.9 Å². The lowest BCUT2D eigenvalue weighted by atomic mass is 10.4. The number of hydrogen-bond donors (Lipinski definition) is 1. The number of esters is 1. The highest BCUT2D eigenvalue weighted by atomic mass is 16.5. The van der Waals surface area contributed by atoms with Gasteiger partial charge in [0.05, 0.1) is 18.4 Å². The average molecular weight is 236 g/mol. The van der Waals surface area contributed by atoms with Crippen LogP contribution in [0, 0.1) is 0 Å². The molecule has 0 aliphatic carbocycles. The number of carbonyl (C=O) groups excluding carboxylic acids is 2. The highest BCUT2D eigenvalue weighted by Gasteiger charge is 2.19. The smallest absolute Gasteiger partial charge is 0.355 e. The van der Waals surface area contributed by atoms with Gasteiger partial charge < -0.3 is 19.5 Å². The van der Waals surface area contributed by atoms with Crippen LogP contribution < -0.4 is 5.73 Å². The van der Waals surface area contributed by atoms with E-state index in [1.54, 1.807) is 13.0 Å². The minimum atomic E-state index is -0.533. The van der Waals surface area contributed by atoms with E-state index in [9.17, 15) is 9.59 Å². The molecule has 2 aromatic heterocycles. The van der Waals surface area contributed by atoms with E-state index in [4.69, 9.17) is 14.9 Å². The normalized spacial score (nSPS) is 10.6. The maximum absolute atomic E-state index is 11.7. The standard InChI is InChI=1S/C11H12N2O4/c1-2-16-11(15)8-5-9-7(3-4-17-9)13(8)6-10(12)14/h3-5H,2,6H2,1H3,(H2,12,14). The van der Waals surface area contributed by atoms with Gasteiger partial charge in [0.25, 0.3) is 0 Å². The molecule has 0 spiro atoms. The van der Waals surface area contributed by atoms with Gasteiger partial charge in [-0.1, -0.05) is 0 Å². The van der Waals surface area contributed by atoms with Crippen LogP contribution in [0.2, 0.25) is 0 Å². The fourth-order valence-corrected chi connectivity index (χ4v) is 1.68. The number of hydrogen-bond acceptors (Lipinski definition) is 4. The van der Waals surface area contributed by atoms with Crippen molar-refractivity contribution in [1.82, 2.24) is 4.57 Å². The van der Waals surface area contributed by atoms with E-state index >= 15 is 0 Å². The molecular weight excluding hydrogens is 224 g/mol. The largest absolute Gasteiger partial charge is 0.463 e. The van der Waals surface area contributed by atoms with Crippen LogP contribution in [-0.4, -0.2) is 23.1 Å². The third kappa shape index (κ3) is 2.01. The van der Waals surface area contributed by atoms with Crippen molar-refractivity contribution in [2.45, 2.75) is 13.5 Å². The fraction of sp³-hybridized carbons (Fsp3) is 0.273. The number of nitrogens with zero attached hydrogens (tertiary/aromatic N) is 1. The fourth-order valence-electron chi connectivity index (χ4n) is 1.68. The molecule has 2 N–H and O–H groups in total. The Balaban J connectivity index is 2.49. The first-order chi connectivity index (χ1) is 8.13.